The number of benzene rings is 2. The predicted octanol–water partition coefficient (Wildman–Crippen LogP) is 4.56. The maximum atomic E-state index is 12.7. The van der Waals surface area contributed by atoms with Crippen molar-refractivity contribution in [3.63, 3.8) is 0 Å². The van der Waals surface area contributed by atoms with Crippen molar-refractivity contribution in [2.75, 3.05) is 32.8 Å². The molecule has 0 aliphatic carbocycles. The van der Waals surface area contributed by atoms with Gasteiger partial charge in [0.05, 0.1) is 17.6 Å². The number of imidazole rings is 1. The second-order valence-corrected chi connectivity index (χ2v) is 8.51. The van der Waals surface area contributed by atoms with Crippen LogP contribution in [0.5, 0.6) is 5.75 Å². The third-order valence-electron chi connectivity index (χ3n) is 5.81. The zero-order valence-electron chi connectivity index (χ0n) is 18.9. The molecule has 172 valence electrons. The molecule has 1 saturated heterocycles. The number of H-pyrrole nitrogens is 1. The topological polar surface area (TPSA) is 70.2 Å². The molecule has 2 aromatic carbocycles. The SMILES string of the molecule is CC(C)c1cccc(OCCCCc2ccc3nc(C(=O)N4CCNCC4)[nH]c3c2)c1.Cl. The number of unbranched alkanes of at least 4 members (excludes halogenated alkanes) is 1. The zero-order chi connectivity index (χ0) is 21.6. The summed E-state index contributed by atoms with van der Waals surface area (Å²) in [6.45, 7) is 8.23. The molecule has 2 N–H and O–H groups in total. The van der Waals surface area contributed by atoms with Crippen molar-refractivity contribution in [1.82, 2.24) is 20.2 Å². The van der Waals surface area contributed by atoms with Gasteiger partial charge in [-0.05, 0) is 60.6 Å². The van der Waals surface area contributed by atoms with E-state index in [0.29, 0.717) is 11.7 Å². The predicted molar refractivity (Wildman–Crippen MR) is 131 cm³/mol. The number of aromatic amines is 1. The van der Waals surface area contributed by atoms with Gasteiger partial charge in [-0.25, -0.2) is 4.98 Å². The third kappa shape index (κ3) is 6.02. The van der Waals surface area contributed by atoms with E-state index in [2.05, 4.69) is 59.5 Å². The molecule has 1 aliphatic heterocycles. The maximum absolute atomic E-state index is 12.7. The smallest absolute Gasteiger partial charge is 0.289 e. The monoisotopic (exact) mass is 456 g/mol. The van der Waals surface area contributed by atoms with Gasteiger partial charge in [-0.3, -0.25) is 4.79 Å². The Morgan fingerprint density at radius 1 is 1.12 bits per heavy atom. The zero-order valence-corrected chi connectivity index (χ0v) is 19.7. The molecule has 1 fully saturated rings. The molecular formula is C25H33ClN4O2. The minimum atomic E-state index is -0.0158. The molecule has 0 spiro atoms. The summed E-state index contributed by atoms with van der Waals surface area (Å²) >= 11 is 0. The minimum absolute atomic E-state index is 0. The number of nitrogens with zero attached hydrogens (tertiary/aromatic N) is 2. The number of carbonyl (C=O) groups is 1. The Labute approximate surface area is 196 Å². The van der Waals surface area contributed by atoms with Gasteiger partial charge in [-0.2, -0.15) is 0 Å². The molecule has 2 heterocycles. The highest BCUT2D eigenvalue weighted by atomic mass is 35.5. The summed E-state index contributed by atoms with van der Waals surface area (Å²) in [5, 5.41) is 3.27. The second kappa shape index (κ2) is 11.3. The summed E-state index contributed by atoms with van der Waals surface area (Å²) in [5.74, 6) is 1.88. The third-order valence-corrected chi connectivity index (χ3v) is 5.81. The number of ether oxygens (including phenoxy) is 1. The number of aryl methyl sites for hydroxylation is 1. The molecule has 0 atom stereocenters. The number of hydrogen-bond donors (Lipinski definition) is 2. The normalized spacial score (nSPS) is 13.9. The van der Waals surface area contributed by atoms with E-state index in [1.807, 2.05) is 17.0 Å². The van der Waals surface area contributed by atoms with Crippen LogP contribution in [0.2, 0.25) is 0 Å². The Balaban J connectivity index is 0.00000289. The van der Waals surface area contributed by atoms with Gasteiger partial charge < -0.3 is 19.9 Å². The molecule has 32 heavy (non-hydrogen) atoms. The van der Waals surface area contributed by atoms with Gasteiger partial charge in [0.25, 0.3) is 5.91 Å². The second-order valence-electron chi connectivity index (χ2n) is 8.51. The van der Waals surface area contributed by atoms with Crippen LogP contribution in [0.3, 0.4) is 0 Å². The van der Waals surface area contributed by atoms with Crippen LogP contribution in [-0.4, -0.2) is 53.6 Å². The van der Waals surface area contributed by atoms with Crippen LogP contribution in [0.4, 0.5) is 0 Å². The van der Waals surface area contributed by atoms with Gasteiger partial charge in [0.15, 0.2) is 5.82 Å². The number of rotatable bonds is 8. The van der Waals surface area contributed by atoms with Crippen molar-refractivity contribution >= 4 is 29.3 Å². The quantitative estimate of drug-likeness (QED) is 0.487. The number of nitrogens with one attached hydrogen (secondary N) is 2. The number of halogens is 1. The van der Waals surface area contributed by atoms with E-state index in [9.17, 15) is 4.79 Å². The molecule has 0 radical (unpaired) electrons. The molecule has 4 rings (SSSR count). The van der Waals surface area contributed by atoms with Crippen LogP contribution in [0.25, 0.3) is 11.0 Å². The molecule has 1 amide bonds. The fraction of sp³-hybridized carbons (Fsp3) is 0.440. The minimum Gasteiger partial charge on any atom is -0.494 e. The Kier molecular flexibility index (Phi) is 8.53. The number of hydrogen-bond acceptors (Lipinski definition) is 4. The first kappa shape index (κ1) is 24.1. The summed E-state index contributed by atoms with van der Waals surface area (Å²) in [6, 6.07) is 14.6. The average molecular weight is 457 g/mol. The molecular weight excluding hydrogens is 424 g/mol. The number of aromatic nitrogens is 2. The Morgan fingerprint density at radius 3 is 2.72 bits per heavy atom. The fourth-order valence-corrected chi connectivity index (χ4v) is 3.92. The lowest BCUT2D eigenvalue weighted by molar-refractivity contribution is 0.0725. The van der Waals surface area contributed by atoms with Crippen LogP contribution in [-0.2, 0) is 6.42 Å². The summed E-state index contributed by atoms with van der Waals surface area (Å²) in [5.41, 5.74) is 4.33. The largest absolute Gasteiger partial charge is 0.494 e. The number of amides is 1. The number of carbonyl (C=O) groups excluding carboxylic acids is 1. The van der Waals surface area contributed by atoms with Crippen molar-refractivity contribution in [1.29, 1.82) is 0 Å². The Morgan fingerprint density at radius 2 is 1.94 bits per heavy atom. The van der Waals surface area contributed by atoms with Crippen LogP contribution >= 0.6 is 12.4 Å². The van der Waals surface area contributed by atoms with E-state index in [1.54, 1.807) is 0 Å². The summed E-state index contributed by atoms with van der Waals surface area (Å²) in [7, 11) is 0. The fourth-order valence-electron chi connectivity index (χ4n) is 3.92. The first-order valence-corrected chi connectivity index (χ1v) is 11.3. The highest BCUT2D eigenvalue weighted by Gasteiger charge is 2.21. The van der Waals surface area contributed by atoms with Crippen molar-refractivity contribution in [2.24, 2.45) is 0 Å². The van der Waals surface area contributed by atoms with E-state index in [0.717, 1.165) is 68.8 Å². The van der Waals surface area contributed by atoms with E-state index in [1.165, 1.54) is 11.1 Å². The van der Waals surface area contributed by atoms with Gasteiger partial charge in [-0.1, -0.05) is 32.0 Å². The highest BCUT2D eigenvalue weighted by molar-refractivity contribution is 5.94. The number of piperazine rings is 1. The van der Waals surface area contributed by atoms with Crippen molar-refractivity contribution < 1.29 is 9.53 Å². The van der Waals surface area contributed by atoms with Crippen LogP contribution in [0.1, 0.15) is 54.4 Å². The van der Waals surface area contributed by atoms with Crippen LogP contribution in [0, 0.1) is 0 Å². The number of fused-ring (bicyclic) bond motifs is 1. The highest BCUT2D eigenvalue weighted by Crippen LogP contribution is 2.21. The Hall–Kier alpha value is -2.57. The lowest BCUT2D eigenvalue weighted by Gasteiger charge is -2.26. The van der Waals surface area contributed by atoms with E-state index in [4.69, 9.17) is 4.74 Å². The summed E-state index contributed by atoms with van der Waals surface area (Å²) < 4.78 is 5.93. The first-order chi connectivity index (χ1) is 15.1. The van der Waals surface area contributed by atoms with Crippen LogP contribution in [0.15, 0.2) is 42.5 Å². The first-order valence-electron chi connectivity index (χ1n) is 11.3. The molecule has 7 heteroatoms. The standard InChI is InChI=1S/C25H32N4O2.ClH/c1-18(2)20-7-5-8-21(17-20)31-15-4-3-6-19-9-10-22-23(16-19)28-24(27-22)25(30)29-13-11-26-12-14-29;/h5,7-10,16-18,26H,3-4,6,11-15H2,1-2H3,(H,27,28);1H. The van der Waals surface area contributed by atoms with Crippen molar-refractivity contribution in [3.05, 3.63) is 59.4 Å². The van der Waals surface area contributed by atoms with Gasteiger partial charge in [0.1, 0.15) is 5.75 Å². The maximum Gasteiger partial charge on any atom is 0.289 e. The lowest BCUT2D eigenvalue weighted by atomic mass is 10.0. The van der Waals surface area contributed by atoms with Crippen molar-refractivity contribution in [2.45, 2.75) is 39.0 Å². The molecule has 3 aromatic rings. The van der Waals surface area contributed by atoms with Crippen molar-refractivity contribution in [3.8, 4) is 5.75 Å². The van der Waals surface area contributed by atoms with Gasteiger partial charge in [0.2, 0.25) is 0 Å². The van der Waals surface area contributed by atoms with Gasteiger partial charge in [-0.15, -0.1) is 12.4 Å². The molecule has 6 nitrogen and oxygen atoms in total. The summed E-state index contributed by atoms with van der Waals surface area (Å²) in [4.78, 5) is 22.2. The molecule has 0 unspecified atom stereocenters. The van der Waals surface area contributed by atoms with Gasteiger partial charge >= 0.3 is 0 Å². The lowest BCUT2D eigenvalue weighted by Crippen LogP contribution is -2.46. The average Bonchev–Trinajstić information content (AvgIpc) is 3.22. The molecule has 1 aliphatic rings. The van der Waals surface area contributed by atoms with E-state index in [-0.39, 0.29) is 18.3 Å². The van der Waals surface area contributed by atoms with E-state index < -0.39 is 0 Å². The molecule has 0 bridgehead atoms. The molecule has 1 aromatic heterocycles. The molecule has 0 saturated carbocycles. The Bertz CT molecular complexity index is 1030. The summed E-state index contributed by atoms with van der Waals surface area (Å²) in [6.07, 6.45) is 3.03. The van der Waals surface area contributed by atoms with Gasteiger partial charge in [0, 0.05) is 26.2 Å². The van der Waals surface area contributed by atoms with E-state index >= 15 is 0 Å². The van der Waals surface area contributed by atoms with Crippen LogP contribution < -0.4 is 10.1 Å².